The molecule has 0 atom stereocenters. The molecule has 0 aliphatic rings. The largest absolute Gasteiger partial charge is 0.370 e. The van der Waals surface area contributed by atoms with Crippen molar-refractivity contribution in [3.05, 3.63) is 65.2 Å². The second kappa shape index (κ2) is 9.53. The fourth-order valence-electron chi connectivity index (χ4n) is 2.81. The molecule has 2 aromatic carbocycles. The third-order valence-electron chi connectivity index (χ3n) is 4.33. The molecule has 6 heteroatoms. The van der Waals surface area contributed by atoms with Gasteiger partial charge in [-0.25, -0.2) is 4.98 Å². The summed E-state index contributed by atoms with van der Waals surface area (Å²) < 4.78 is 0. The van der Waals surface area contributed by atoms with Crippen LogP contribution in [-0.2, 0) is 0 Å². The van der Waals surface area contributed by atoms with E-state index in [4.69, 9.17) is 16.6 Å². The first-order valence-electron chi connectivity index (χ1n) is 9.37. The lowest BCUT2D eigenvalue weighted by molar-refractivity contribution is 0.405. The van der Waals surface area contributed by atoms with Gasteiger partial charge in [0.05, 0.1) is 5.69 Å². The number of hydrogen-bond acceptors (Lipinski definition) is 5. The number of rotatable bonds is 8. The fraction of sp³-hybridized carbons (Fsp3) is 0.273. The number of aromatic nitrogens is 2. The van der Waals surface area contributed by atoms with Crippen LogP contribution in [0.2, 0.25) is 5.02 Å². The van der Waals surface area contributed by atoms with Crippen LogP contribution in [0, 0.1) is 6.92 Å². The van der Waals surface area contributed by atoms with Crippen molar-refractivity contribution in [3.8, 4) is 11.3 Å². The minimum Gasteiger partial charge on any atom is -0.370 e. The van der Waals surface area contributed by atoms with E-state index in [9.17, 15) is 0 Å². The molecule has 2 N–H and O–H groups in total. The van der Waals surface area contributed by atoms with Crippen molar-refractivity contribution in [1.29, 1.82) is 0 Å². The summed E-state index contributed by atoms with van der Waals surface area (Å²) in [6.07, 6.45) is 1.04. The zero-order valence-electron chi connectivity index (χ0n) is 16.5. The van der Waals surface area contributed by atoms with Crippen LogP contribution < -0.4 is 10.6 Å². The van der Waals surface area contributed by atoms with Crippen LogP contribution in [-0.4, -0.2) is 42.1 Å². The first-order valence-corrected chi connectivity index (χ1v) is 9.75. The lowest BCUT2D eigenvalue weighted by atomic mass is 10.1. The van der Waals surface area contributed by atoms with Gasteiger partial charge in [0.25, 0.3) is 0 Å². The Hall–Kier alpha value is -2.63. The third-order valence-corrected chi connectivity index (χ3v) is 4.57. The van der Waals surface area contributed by atoms with Gasteiger partial charge in [-0.2, -0.15) is 4.98 Å². The molecule has 0 amide bonds. The predicted molar refractivity (Wildman–Crippen MR) is 119 cm³/mol. The first kappa shape index (κ1) is 20.1. The molecule has 0 radical (unpaired) electrons. The van der Waals surface area contributed by atoms with Crippen molar-refractivity contribution < 1.29 is 0 Å². The van der Waals surface area contributed by atoms with E-state index < -0.39 is 0 Å². The molecule has 146 valence electrons. The monoisotopic (exact) mass is 395 g/mol. The average Bonchev–Trinajstić information content (AvgIpc) is 2.68. The van der Waals surface area contributed by atoms with Gasteiger partial charge < -0.3 is 15.5 Å². The van der Waals surface area contributed by atoms with E-state index in [0.29, 0.717) is 11.0 Å². The molecule has 0 saturated carbocycles. The summed E-state index contributed by atoms with van der Waals surface area (Å²) in [5, 5.41) is 7.41. The Morgan fingerprint density at radius 2 is 1.79 bits per heavy atom. The fourth-order valence-corrected chi connectivity index (χ4v) is 2.98. The zero-order chi connectivity index (χ0) is 19.9. The molecule has 3 aromatic rings. The summed E-state index contributed by atoms with van der Waals surface area (Å²) in [4.78, 5) is 11.5. The summed E-state index contributed by atoms with van der Waals surface area (Å²) in [6.45, 7) is 3.90. The van der Waals surface area contributed by atoms with E-state index >= 15 is 0 Å². The number of anilines is 3. The standard InChI is InChI=1S/C22H26ClN5/c1-16-10-11-18(23)14-19(16)25-22-26-20(17-8-5-4-6-9-17)15-21(27-22)24-12-7-13-28(2)3/h4-6,8-11,14-15H,7,12-13H2,1-3H3,(H2,24,25,26,27). The highest BCUT2D eigenvalue weighted by Gasteiger charge is 2.09. The normalized spacial score (nSPS) is 10.9. The molecule has 3 rings (SSSR count). The second-order valence-electron chi connectivity index (χ2n) is 7.00. The highest BCUT2D eigenvalue weighted by atomic mass is 35.5. The molecule has 0 aliphatic carbocycles. The molecule has 1 aromatic heterocycles. The van der Waals surface area contributed by atoms with Gasteiger partial charge >= 0.3 is 0 Å². The van der Waals surface area contributed by atoms with Crippen LogP contribution in [0.5, 0.6) is 0 Å². The second-order valence-corrected chi connectivity index (χ2v) is 7.43. The van der Waals surface area contributed by atoms with Crippen LogP contribution in [0.3, 0.4) is 0 Å². The zero-order valence-corrected chi connectivity index (χ0v) is 17.3. The lowest BCUT2D eigenvalue weighted by Gasteiger charge is -2.14. The van der Waals surface area contributed by atoms with Crippen molar-refractivity contribution >= 4 is 29.1 Å². The topological polar surface area (TPSA) is 53.1 Å². The summed E-state index contributed by atoms with van der Waals surface area (Å²) in [5.41, 5.74) is 3.90. The van der Waals surface area contributed by atoms with Gasteiger partial charge in [-0.05, 0) is 51.7 Å². The Morgan fingerprint density at radius 3 is 2.54 bits per heavy atom. The van der Waals surface area contributed by atoms with Gasteiger partial charge in [0.15, 0.2) is 0 Å². The van der Waals surface area contributed by atoms with Crippen molar-refractivity contribution in [2.75, 3.05) is 37.8 Å². The van der Waals surface area contributed by atoms with Crippen LogP contribution in [0.15, 0.2) is 54.6 Å². The summed E-state index contributed by atoms with van der Waals surface area (Å²) in [5.74, 6) is 1.34. The maximum atomic E-state index is 6.15. The van der Waals surface area contributed by atoms with Crippen molar-refractivity contribution in [3.63, 3.8) is 0 Å². The minimum absolute atomic E-state index is 0.543. The van der Waals surface area contributed by atoms with Crippen LogP contribution in [0.4, 0.5) is 17.5 Å². The maximum absolute atomic E-state index is 6.15. The van der Waals surface area contributed by atoms with Crippen molar-refractivity contribution in [2.24, 2.45) is 0 Å². The third kappa shape index (κ3) is 5.68. The van der Waals surface area contributed by atoms with Gasteiger partial charge in [-0.1, -0.05) is 48.0 Å². The smallest absolute Gasteiger partial charge is 0.229 e. The van der Waals surface area contributed by atoms with Gasteiger partial charge in [0, 0.05) is 28.9 Å². The number of aryl methyl sites for hydroxylation is 1. The quantitative estimate of drug-likeness (QED) is 0.512. The number of nitrogens with zero attached hydrogens (tertiary/aromatic N) is 3. The Labute approximate surface area is 171 Å². The molecule has 5 nitrogen and oxygen atoms in total. The molecule has 0 fully saturated rings. The SMILES string of the molecule is Cc1ccc(Cl)cc1Nc1nc(NCCCN(C)C)cc(-c2ccccc2)n1. The average molecular weight is 396 g/mol. The Morgan fingerprint density at radius 1 is 1.00 bits per heavy atom. The molecule has 0 spiro atoms. The Bertz CT molecular complexity index is 912. The number of nitrogens with one attached hydrogen (secondary N) is 2. The molecule has 1 heterocycles. The molecule has 0 unspecified atom stereocenters. The molecule has 0 bridgehead atoms. The number of halogens is 1. The van der Waals surface area contributed by atoms with E-state index in [1.165, 1.54) is 0 Å². The van der Waals surface area contributed by atoms with E-state index in [0.717, 1.165) is 47.8 Å². The highest BCUT2D eigenvalue weighted by molar-refractivity contribution is 6.30. The maximum Gasteiger partial charge on any atom is 0.229 e. The minimum atomic E-state index is 0.543. The van der Waals surface area contributed by atoms with Gasteiger partial charge in [0.1, 0.15) is 5.82 Å². The first-order chi connectivity index (χ1) is 13.5. The number of hydrogen-bond donors (Lipinski definition) is 2. The number of benzene rings is 2. The van der Waals surface area contributed by atoms with Gasteiger partial charge in [0.2, 0.25) is 5.95 Å². The molecule has 28 heavy (non-hydrogen) atoms. The Kier molecular flexibility index (Phi) is 6.85. The summed E-state index contributed by atoms with van der Waals surface area (Å²) in [6, 6.07) is 17.8. The predicted octanol–water partition coefficient (Wildman–Crippen LogP) is 5.21. The van der Waals surface area contributed by atoms with Crippen LogP contribution >= 0.6 is 11.6 Å². The molecule has 0 aliphatic heterocycles. The van der Waals surface area contributed by atoms with Crippen molar-refractivity contribution in [2.45, 2.75) is 13.3 Å². The van der Waals surface area contributed by atoms with E-state index in [1.54, 1.807) is 0 Å². The molecular weight excluding hydrogens is 370 g/mol. The summed E-state index contributed by atoms with van der Waals surface area (Å²) >= 11 is 6.15. The van der Waals surface area contributed by atoms with Gasteiger partial charge in [-0.3, -0.25) is 0 Å². The van der Waals surface area contributed by atoms with E-state index in [-0.39, 0.29) is 0 Å². The lowest BCUT2D eigenvalue weighted by Crippen LogP contribution is -2.17. The van der Waals surface area contributed by atoms with Crippen molar-refractivity contribution in [1.82, 2.24) is 14.9 Å². The van der Waals surface area contributed by atoms with E-state index in [2.05, 4.69) is 34.6 Å². The van der Waals surface area contributed by atoms with Crippen LogP contribution in [0.25, 0.3) is 11.3 Å². The van der Waals surface area contributed by atoms with Crippen LogP contribution in [0.1, 0.15) is 12.0 Å². The summed E-state index contributed by atoms with van der Waals surface area (Å²) in [7, 11) is 4.15. The highest BCUT2D eigenvalue weighted by Crippen LogP contribution is 2.26. The Balaban J connectivity index is 1.87. The molecular formula is C22H26ClN5. The van der Waals surface area contributed by atoms with E-state index in [1.807, 2.05) is 61.5 Å². The van der Waals surface area contributed by atoms with Gasteiger partial charge in [-0.15, -0.1) is 0 Å². The molecule has 0 saturated heterocycles.